The highest BCUT2D eigenvalue weighted by Crippen LogP contribution is 2.28. The Bertz CT molecular complexity index is 1030. The highest BCUT2D eigenvalue weighted by molar-refractivity contribution is 7.12. The number of hydrogen-bond donors (Lipinski definition) is 1. The van der Waals surface area contributed by atoms with Crippen molar-refractivity contribution in [2.75, 3.05) is 27.4 Å². The Morgan fingerprint density at radius 2 is 1.77 bits per heavy atom. The van der Waals surface area contributed by atoms with Crippen molar-refractivity contribution in [3.8, 4) is 11.5 Å². The van der Waals surface area contributed by atoms with Crippen LogP contribution >= 0.6 is 22.7 Å². The molecule has 0 bridgehead atoms. The molecule has 0 saturated carbocycles. The standard InChI is InChI=1S/C23H23NO5S2/c1-27-19-8-7-16(13-20(19)28-2)9-10-24-22(25)15-29-23(26)18(21-6-4-12-31-21)14-17-5-3-11-30-17/h3-8,11-14H,9-10,15H2,1-2H3,(H,24,25)/b18-14+. The molecule has 0 radical (unpaired) electrons. The third-order valence-electron chi connectivity index (χ3n) is 4.35. The number of nitrogens with one attached hydrogen (secondary N) is 1. The van der Waals surface area contributed by atoms with Gasteiger partial charge >= 0.3 is 5.97 Å². The van der Waals surface area contributed by atoms with Crippen LogP contribution in [0, 0.1) is 0 Å². The van der Waals surface area contributed by atoms with Crippen molar-refractivity contribution in [3.05, 3.63) is 68.5 Å². The minimum atomic E-state index is -0.522. The molecule has 6 nitrogen and oxygen atoms in total. The number of benzene rings is 1. The Kier molecular flexibility index (Phi) is 8.26. The Labute approximate surface area is 189 Å². The summed E-state index contributed by atoms with van der Waals surface area (Å²) in [4.78, 5) is 26.5. The van der Waals surface area contributed by atoms with Crippen LogP contribution in [0.5, 0.6) is 11.5 Å². The maximum Gasteiger partial charge on any atom is 0.340 e. The molecule has 0 atom stereocenters. The predicted octanol–water partition coefficient (Wildman–Crippen LogP) is 4.27. The maximum atomic E-state index is 12.6. The highest BCUT2D eigenvalue weighted by Gasteiger charge is 2.17. The number of ether oxygens (including phenoxy) is 3. The van der Waals surface area contributed by atoms with Crippen molar-refractivity contribution in [1.82, 2.24) is 5.32 Å². The second kappa shape index (κ2) is 11.3. The number of methoxy groups -OCH3 is 2. The van der Waals surface area contributed by atoms with Gasteiger partial charge in [0.2, 0.25) is 0 Å². The minimum Gasteiger partial charge on any atom is -0.493 e. The zero-order valence-corrected chi connectivity index (χ0v) is 18.9. The van der Waals surface area contributed by atoms with Gasteiger partial charge in [-0.3, -0.25) is 4.79 Å². The van der Waals surface area contributed by atoms with Crippen molar-refractivity contribution in [1.29, 1.82) is 0 Å². The molecule has 162 valence electrons. The van der Waals surface area contributed by atoms with Crippen molar-refractivity contribution in [3.63, 3.8) is 0 Å². The van der Waals surface area contributed by atoms with E-state index in [4.69, 9.17) is 14.2 Å². The van der Waals surface area contributed by atoms with Gasteiger partial charge in [-0.15, -0.1) is 22.7 Å². The molecule has 0 saturated heterocycles. The second-order valence-corrected chi connectivity index (χ2v) is 8.34. The zero-order chi connectivity index (χ0) is 22.1. The van der Waals surface area contributed by atoms with Gasteiger partial charge in [0.15, 0.2) is 18.1 Å². The minimum absolute atomic E-state index is 0.335. The monoisotopic (exact) mass is 457 g/mol. The molecule has 31 heavy (non-hydrogen) atoms. The van der Waals surface area contributed by atoms with Crippen LogP contribution in [-0.4, -0.2) is 39.2 Å². The summed E-state index contributed by atoms with van der Waals surface area (Å²) < 4.78 is 15.8. The van der Waals surface area contributed by atoms with E-state index in [2.05, 4.69) is 5.32 Å². The third kappa shape index (κ3) is 6.44. The van der Waals surface area contributed by atoms with Crippen molar-refractivity contribution in [2.45, 2.75) is 6.42 Å². The van der Waals surface area contributed by atoms with E-state index in [1.165, 1.54) is 22.7 Å². The SMILES string of the molecule is COc1ccc(CCNC(=O)COC(=O)/C(=C/c2cccs2)c2cccs2)cc1OC. The third-order valence-corrected chi connectivity index (χ3v) is 6.08. The van der Waals surface area contributed by atoms with E-state index >= 15 is 0 Å². The largest absolute Gasteiger partial charge is 0.493 e. The number of carbonyl (C=O) groups is 2. The lowest BCUT2D eigenvalue weighted by atomic mass is 10.1. The van der Waals surface area contributed by atoms with Crippen molar-refractivity contribution < 1.29 is 23.8 Å². The summed E-state index contributed by atoms with van der Waals surface area (Å²) in [6.07, 6.45) is 2.40. The molecule has 0 spiro atoms. The molecule has 0 fully saturated rings. The quantitative estimate of drug-likeness (QED) is 0.364. The average molecular weight is 458 g/mol. The smallest absolute Gasteiger partial charge is 0.340 e. The molecule has 1 amide bonds. The summed E-state index contributed by atoms with van der Waals surface area (Å²) in [6, 6.07) is 13.2. The molecule has 0 aliphatic carbocycles. The lowest BCUT2D eigenvalue weighted by molar-refractivity contribution is -0.142. The number of hydrogen-bond acceptors (Lipinski definition) is 7. The summed E-state index contributed by atoms with van der Waals surface area (Å²) in [5.74, 6) is 0.416. The average Bonchev–Trinajstić information content (AvgIpc) is 3.50. The van der Waals surface area contributed by atoms with Crippen LogP contribution in [0.1, 0.15) is 15.3 Å². The summed E-state index contributed by atoms with van der Waals surface area (Å²) >= 11 is 2.98. The molecular weight excluding hydrogens is 434 g/mol. The predicted molar refractivity (Wildman–Crippen MR) is 124 cm³/mol. The van der Waals surface area contributed by atoms with Crippen LogP contribution in [0.4, 0.5) is 0 Å². The molecule has 2 aromatic heterocycles. The number of thiophene rings is 2. The molecule has 8 heteroatoms. The molecule has 2 heterocycles. The summed E-state index contributed by atoms with van der Waals surface area (Å²) in [5.41, 5.74) is 1.43. The van der Waals surface area contributed by atoms with E-state index in [0.29, 0.717) is 30.0 Å². The Morgan fingerprint density at radius 3 is 2.45 bits per heavy atom. The normalized spacial score (nSPS) is 11.1. The Balaban J connectivity index is 1.51. The van der Waals surface area contributed by atoms with Gasteiger partial charge in [-0.2, -0.15) is 0 Å². The van der Waals surface area contributed by atoms with Crippen molar-refractivity contribution in [2.24, 2.45) is 0 Å². The van der Waals surface area contributed by atoms with Gasteiger partial charge in [0.25, 0.3) is 5.91 Å². The number of rotatable bonds is 10. The highest BCUT2D eigenvalue weighted by atomic mass is 32.1. The molecular formula is C23H23NO5S2. The van der Waals surface area contributed by atoms with Crippen LogP contribution in [-0.2, 0) is 20.7 Å². The Hall–Kier alpha value is -3.10. The van der Waals surface area contributed by atoms with E-state index in [0.717, 1.165) is 15.3 Å². The van der Waals surface area contributed by atoms with Gasteiger partial charge in [0.05, 0.1) is 19.8 Å². The van der Waals surface area contributed by atoms with E-state index in [9.17, 15) is 9.59 Å². The lowest BCUT2D eigenvalue weighted by Gasteiger charge is -2.10. The molecule has 0 aliphatic rings. The fourth-order valence-corrected chi connectivity index (χ4v) is 4.21. The van der Waals surface area contributed by atoms with Gasteiger partial charge in [-0.25, -0.2) is 4.79 Å². The van der Waals surface area contributed by atoms with E-state index in [-0.39, 0.29) is 12.5 Å². The van der Waals surface area contributed by atoms with Gasteiger partial charge < -0.3 is 19.5 Å². The fourth-order valence-electron chi connectivity index (χ4n) is 2.82. The van der Waals surface area contributed by atoms with Crippen LogP contribution in [0.25, 0.3) is 11.6 Å². The first-order valence-corrected chi connectivity index (χ1v) is 11.3. The lowest BCUT2D eigenvalue weighted by Crippen LogP contribution is -2.30. The van der Waals surface area contributed by atoms with E-state index < -0.39 is 5.97 Å². The first-order chi connectivity index (χ1) is 15.1. The van der Waals surface area contributed by atoms with Gasteiger partial charge in [-0.1, -0.05) is 18.2 Å². The second-order valence-electron chi connectivity index (χ2n) is 6.42. The van der Waals surface area contributed by atoms with Gasteiger partial charge in [0.1, 0.15) is 0 Å². The van der Waals surface area contributed by atoms with Gasteiger partial charge in [-0.05, 0) is 53.1 Å². The molecule has 1 aromatic carbocycles. The molecule has 3 aromatic rings. The Morgan fingerprint density at radius 1 is 1.00 bits per heavy atom. The number of esters is 1. The fraction of sp³-hybridized carbons (Fsp3) is 0.217. The summed E-state index contributed by atoms with van der Waals surface area (Å²) in [5, 5.41) is 6.60. The summed E-state index contributed by atoms with van der Waals surface area (Å²) in [7, 11) is 3.16. The molecule has 0 aliphatic heterocycles. The van der Waals surface area contributed by atoms with E-state index in [1.807, 2.05) is 53.2 Å². The van der Waals surface area contributed by atoms with Crippen LogP contribution < -0.4 is 14.8 Å². The van der Waals surface area contributed by atoms with Crippen LogP contribution in [0.2, 0.25) is 0 Å². The first-order valence-electron chi connectivity index (χ1n) is 9.54. The number of amides is 1. The summed E-state index contributed by atoms with van der Waals surface area (Å²) in [6.45, 7) is 0.0760. The van der Waals surface area contributed by atoms with Gasteiger partial charge in [0, 0.05) is 16.3 Å². The first kappa shape index (κ1) is 22.6. The van der Waals surface area contributed by atoms with Crippen LogP contribution in [0.15, 0.2) is 53.2 Å². The number of carbonyl (C=O) groups excluding carboxylic acids is 2. The molecule has 1 N–H and O–H groups in total. The zero-order valence-electron chi connectivity index (χ0n) is 17.3. The van der Waals surface area contributed by atoms with E-state index in [1.54, 1.807) is 20.3 Å². The molecule has 3 rings (SSSR count). The topological polar surface area (TPSA) is 73.9 Å². The molecule has 0 unspecified atom stereocenters. The van der Waals surface area contributed by atoms with Crippen LogP contribution in [0.3, 0.4) is 0 Å². The van der Waals surface area contributed by atoms with Crippen molar-refractivity contribution >= 4 is 46.2 Å². The maximum absolute atomic E-state index is 12.6.